The van der Waals surface area contributed by atoms with Gasteiger partial charge in [0.2, 0.25) is 5.91 Å². The van der Waals surface area contributed by atoms with Gasteiger partial charge < -0.3 is 16.4 Å². The highest BCUT2D eigenvalue weighted by Crippen LogP contribution is 2.48. The molecule has 0 spiro atoms. The van der Waals surface area contributed by atoms with Crippen molar-refractivity contribution in [1.29, 1.82) is 0 Å². The standard InChI is InChI=1S/C21H25BrN4O.HI/c1-2-24-20(25-13-15-6-8-16(9-7-15)19(23)27)26-14-21(10-11-21)17-4-3-5-18(22)12-17;/h3-9,12H,2,10-11,13-14H2,1H3,(H2,23,27)(H2,24,25,26);1H. The molecule has 0 aliphatic heterocycles. The third-order valence-corrected chi connectivity index (χ3v) is 5.38. The van der Waals surface area contributed by atoms with Crippen LogP contribution < -0.4 is 16.4 Å². The Morgan fingerprint density at radius 2 is 1.89 bits per heavy atom. The van der Waals surface area contributed by atoms with Crippen molar-refractivity contribution >= 4 is 51.8 Å². The minimum Gasteiger partial charge on any atom is -0.366 e. The first-order chi connectivity index (χ1) is 13.0. The summed E-state index contributed by atoms with van der Waals surface area (Å²) in [6.45, 7) is 4.25. The van der Waals surface area contributed by atoms with E-state index in [0.717, 1.165) is 29.1 Å². The van der Waals surface area contributed by atoms with Crippen LogP contribution >= 0.6 is 39.9 Å². The van der Waals surface area contributed by atoms with Gasteiger partial charge in [0.25, 0.3) is 0 Å². The number of aliphatic imine (C=N–C) groups is 1. The van der Waals surface area contributed by atoms with Gasteiger partial charge in [0, 0.05) is 28.5 Å². The number of benzene rings is 2. The van der Waals surface area contributed by atoms with Gasteiger partial charge in [-0.05, 0) is 55.2 Å². The summed E-state index contributed by atoms with van der Waals surface area (Å²) in [7, 11) is 0. The van der Waals surface area contributed by atoms with E-state index in [1.54, 1.807) is 12.1 Å². The Morgan fingerprint density at radius 3 is 2.46 bits per heavy atom. The summed E-state index contributed by atoms with van der Waals surface area (Å²) in [6, 6.07) is 15.8. The number of nitrogens with two attached hydrogens (primary N) is 1. The van der Waals surface area contributed by atoms with Crippen LogP contribution in [0, 0.1) is 0 Å². The van der Waals surface area contributed by atoms with Crippen molar-refractivity contribution in [2.75, 3.05) is 13.1 Å². The minimum absolute atomic E-state index is 0. The van der Waals surface area contributed by atoms with E-state index < -0.39 is 5.91 Å². The van der Waals surface area contributed by atoms with Crippen LogP contribution in [0.5, 0.6) is 0 Å². The fourth-order valence-corrected chi connectivity index (χ4v) is 3.48. The number of carbonyl (C=O) groups is 1. The number of primary amides is 1. The van der Waals surface area contributed by atoms with Gasteiger partial charge in [0.15, 0.2) is 5.96 Å². The van der Waals surface area contributed by atoms with E-state index in [1.807, 2.05) is 12.1 Å². The van der Waals surface area contributed by atoms with Crippen LogP contribution in [0.3, 0.4) is 0 Å². The van der Waals surface area contributed by atoms with Crippen molar-refractivity contribution in [2.24, 2.45) is 10.7 Å². The van der Waals surface area contributed by atoms with Gasteiger partial charge in [-0.3, -0.25) is 4.79 Å². The Morgan fingerprint density at radius 1 is 1.18 bits per heavy atom. The largest absolute Gasteiger partial charge is 0.366 e. The normalized spacial score (nSPS) is 14.7. The second kappa shape index (κ2) is 10.2. The van der Waals surface area contributed by atoms with E-state index in [0.29, 0.717) is 12.1 Å². The molecule has 7 heteroatoms. The third kappa shape index (κ3) is 5.94. The van der Waals surface area contributed by atoms with Crippen molar-refractivity contribution < 1.29 is 4.79 Å². The zero-order valence-electron chi connectivity index (χ0n) is 15.9. The van der Waals surface area contributed by atoms with Crippen LogP contribution in [0.2, 0.25) is 0 Å². The summed E-state index contributed by atoms with van der Waals surface area (Å²) in [4.78, 5) is 15.8. The molecule has 1 aliphatic carbocycles. The summed E-state index contributed by atoms with van der Waals surface area (Å²) >= 11 is 3.57. The molecule has 1 saturated carbocycles. The first-order valence-corrected chi connectivity index (χ1v) is 9.99. The van der Waals surface area contributed by atoms with Crippen LogP contribution in [0.15, 0.2) is 58.0 Å². The summed E-state index contributed by atoms with van der Waals surface area (Å²) in [5, 5.41) is 6.79. The number of halogens is 2. The molecular formula is C21H26BrIN4O. The van der Waals surface area contributed by atoms with Gasteiger partial charge in [0.1, 0.15) is 0 Å². The molecule has 2 aromatic rings. The number of hydrogen-bond donors (Lipinski definition) is 3. The lowest BCUT2D eigenvalue weighted by molar-refractivity contribution is 0.100. The molecule has 0 radical (unpaired) electrons. The summed E-state index contributed by atoms with van der Waals surface area (Å²) in [5.74, 6) is 0.389. The highest BCUT2D eigenvalue weighted by molar-refractivity contribution is 14.0. The predicted octanol–water partition coefficient (Wildman–Crippen LogP) is 3.95. The molecule has 0 aromatic heterocycles. The number of rotatable bonds is 7. The molecule has 1 aliphatic rings. The summed E-state index contributed by atoms with van der Waals surface area (Å²) < 4.78 is 1.12. The van der Waals surface area contributed by atoms with Crippen molar-refractivity contribution in [3.63, 3.8) is 0 Å². The Hall–Kier alpha value is -1.61. The molecule has 0 heterocycles. The molecule has 4 N–H and O–H groups in total. The monoisotopic (exact) mass is 556 g/mol. The van der Waals surface area contributed by atoms with Gasteiger partial charge in [-0.15, -0.1) is 24.0 Å². The van der Waals surface area contributed by atoms with E-state index >= 15 is 0 Å². The molecule has 1 amide bonds. The van der Waals surface area contributed by atoms with Crippen LogP contribution in [-0.2, 0) is 12.0 Å². The quantitative estimate of drug-likeness (QED) is 0.274. The lowest BCUT2D eigenvalue weighted by Gasteiger charge is -2.19. The fraction of sp³-hybridized carbons (Fsp3) is 0.333. The van der Waals surface area contributed by atoms with E-state index in [2.05, 4.69) is 62.7 Å². The topological polar surface area (TPSA) is 79.5 Å². The molecular weight excluding hydrogens is 531 g/mol. The van der Waals surface area contributed by atoms with Crippen LogP contribution in [0.1, 0.15) is 41.3 Å². The van der Waals surface area contributed by atoms with E-state index in [1.165, 1.54) is 18.4 Å². The number of nitrogens with zero attached hydrogens (tertiary/aromatic N) is 1. The predicted molar refractivity (Wildman–Crippen MR) is 128 cm³/mol. The molecule has 0 bridgehead atoms. The van der Waals surface area contributed by atoms with Gasteiger partial charge in [-0.2, -0.15) is 0 Å². The van der Waals surface area contributed by atoms with Gasteiger partial charge in [0.05, 0.1) is 6.54 Å². The second-order valence-corrected chi connectivity index (χ2v) is 7.82. The summed E-state index contributed by atoms with van der Waals surface area (Å²) in [5.41, 5.74) is 8.38. The zero-order chi connectivity index (χ0) is 19.3. The molecule has 5 nitrogen and oxygen atoms in total. The van der Waals surface area contributed by atoms with Crippen molar-refractivity contribution in [1.82, 2.24) is 10.6 Å². The molecule has 0 saturated heterocycles. The maximum Gasteiger partial charge on any atom is 0.248 e. The number of hydrogen-bond acceptors (Lipinski definition) is 2. The Balaban J connectivity index is 0.00000280. The van der Waals surface area contributed by atoms with Crippen molar-refractivity contribution in [3.8, 4) is 0 Å². The molecule has 0 atom stereocenters. The molecule has 0 unspecified atom stereocenters. The highest BCUT2D eigenvalue weighted by atomic mass is 127. The van der Waals surface area contributed by atoms with Crippen molar-refractivity contribution in [3.05, 3.63) is 69.7 Å². The van der Waals surface area contributed by atoms with Crippen LogP contribution in [0.25, 0.3) is 0 Å². The Labute approximate surface area is 191 Å². The third-order valence-electron chi connectivity index (χ3n) is 4.89. The number of guanidine groups is 1. The van der Waals surface area contributed by atoms with E-state index in [9.17, 15) is 4.79 Å². The first-order valence-electron chi connectivity index (χ1n) is 9.19. The SMILES string of the molecule is CCNC(=NCc1ccc(C(N)=O)cc1)NCC1(c2cccc(Br)c2)CC1.I. The van der Waals surface area contributed by atoms with Crippen LogP contribution in [-0.4, -0.2) is 25.0 Å². The number of nitrogens with one attached hydrogen (secondary N) is 2. The van der Waals surface area contributed by atoms with Gasteiger partial charge in [-0.25, -0.2) is 4.99 Å². The zero-order valence-corrected chi connectivity index (χ0v) is 19.8. The Bertz CT molecular complexity index is 835. The minimum atomic E-state index is -0.415. The first kappa shape index (κ1) is 22.7. The molecule has 3 rings (SSSR count). The highest BCUT2D eigenvalue weighted by Gasteiger charge is 2.44. The average Bonchev–Trinajstić information content (AvgIpc) is 3.45. The molecule has 150 valence electrons. The van der Waals surface area contributed by atoms with Gasteiger partial charge >= 0.3 is 0 Å². The van der Waals surface area contributed by atoms with Crippen LogP contribution in [0.4, 0.5) is 0 Å². The lowest BCUT2D eigenvalue weighted by atomic mass is 9.96. The molecule has 28 heavy (non-hydrogen) atoms. The summed E-state index contributed by atoms with van der Waals surface area (Å²) in [6.07, 6.45) is 2.37. The van der Waals surface area contributed by atoms with Gasteiger partial charge in [-0.1, -0.05) is 40.2 Å². The molecule has 1 fully saturated rings. The number of amides is 1. The average molecular weight is 557 g/mol. The maximum absolute atomic E-state index is 11.2. The van der Waals surface area contributed by atoms with E-state index in [-0.39, 0.29) is 29.4 Å². The lowest BCUT2D eigenvalue weighted by Crippen LogP contribution is -2.41. The Kier molecular flexibility index (Phi) is 8.30. The number of carbonyl (C=O) groups excluding carboxylic acids is 1. The smallest absolute Gasteiger partial charge is 0.248 e. The van der Waals surface area contributed by atoms with Crippen molar-refractivity contribution in [2.45, 2.75) is 31.7 Å². The van der Waals surface area contributed by atoms with E-state index in [4.69, 9.17) is 5.73 Å². The fourth-order valence-electron chi connectivity index (χ4n) is 3.08. The maximum atomic E-state index is 11.2. The second-order valence-electron chi connectivity index (χ2n) is 6.90. The molecule has 2 aromatic carbocycles.